The molecule has 3 N–H and O–H groups in total. The normalized spacial score (nSPS) is 12.9. The number of hydrogen-bond acceptors (Lipinski definition) is 6. The molecule has 13 heteroatoms. The number of pyridine rings is 1. The van der Waals surface area contributed by atoms with Gasteiger partial charge in [-0.2, -0.15) is 13.2 Å². The summed E-state index contributed by atoms with van der Waals surface area (Å²) in [6.45, 7) is 1.71. The Balaban J connectivity index is 0.000000454. The van der Waals surface area contributed by atoms with Crippen molar-refractivity contribution < 1.29 is 32.7 Å². The number of urea groups is 1. The van der Waals surface area contributed by atoms with Crippen molar-refractivity contribution >= 4 is 34.9 Å². The van der Waals surface area contributed by atoms with Crippen LogP contribution in [0, 0.1) is 0 Å². The minimum atomic E-state index is -5.08. The molecule has 0 saturated heterocycles. The van der Waals surface area contributed by atoms with Crippen LogP contribution in [-0.4, -0.2) is 57.1 Å². The molecule has 1 aromatic carbocycles. The Bertz CT molecular complexity index is 1160. The second kappa shape index (κ2) is 12.1. The highest BCUT2D eigenvalue weighted by molar-refractivity contribution is 7.13. The highest BCUT2D eigenvalue weighted by Crippen LogP contribution is 2.24. The van der Waals surface area contributed by atoms with Gasteiger partial charge in [-0.25, -0.2) is 14.6 Å². The molecule has 1 aliphatic rings. The molecule has 0 fully saturated rings. The van der Waals surface area contributed by atoms with E-state index in [9.17, 15) is 22.8 Å². The zero-order valence-corrected chi connectivity index (χ0v) is 19.6. The first-order valence-electron chi connectivity index (χ1n) is 10.7. The summed E-state index contributed by atoms with van der Waals surface area (Å²) in [5, 5.41) is 13.4. The van der Waals surface area contributed by atoms with Crippen molar-refractivity contribution in [1.82, 2.24) is 20.2 Å². The molecule has 4 rings (SSSR count). The van der Waals surface area contributed by atoms with E-state index in [0.717, 1.165) is 16.1 Å². The number of nitrogens with one attached hydrogen (secondary N) is 2. The van der Waals surface area contributed by atoms with E-state index in [1.807, 2.05) is 35.2 Å². The van der Waals surface area contributed by atoms with Crippen LogP contribution in [0.3, 0.4) is 0 Å². The summed E-state index contributed by atoms with van der Waals surface area (Å²) in [5.41, 5.74) is 2.67. The number of rotatable bonds is 4. The van der Waals surface area contributed by atoms with Crippen LogP contribution < -0.4 is 10.6 Å². The molecule has 3 heterocycles. The average molecular weight is 522 g/mol. The SMILES string of the molecule is O=C(Nc1ccncc1)c1nc2c(s1)CCN(C(=O)NCc1ccccc1)CC2.O=C(O)C(F)(F)F. The summed E-state index contributed by atoms with van der Waals surface area (Å²) in [5.74, 6) is -2.97. The zero-order valence-electron chi connectivity index (χ0n) is 18.8. The summed E-state index contributed by atoms with van der Waals surface area (Å²) in [7, 11) is 0. The van der Waals surface area contributed by atoms with E-state index < -0.39 is 12.1 Å². The van der Waals surface area contributed by atoms with Gasteiger partial charge < -0.3 is 20.6 Å². The number of carboxylic acid groups (broad SMARTS) is 1. The lowest BCUT2D eigenvalue weighted by molar-refractivity contribution is -0.192. The van der Waals surface area contributed by atoms with E-state index in [1.165, 1.54) is 11.3 Å². The number of fused-ring (bicyclic) bond motifs is 1. The van der Waals surface area contributed by atoms with Crippen LogP contribution in [0.15, 0.2) is 54.9 Å². The third-order valence-electron chi connectivity index (χ3n) is 4.95. The minimum absolute atomic E-state index is 0.0698. The van der Waals surface area contributed by atoms with Gasteiger partial charge in [0.05, 0.1) is 5.69 Å². The Hall–Kier alpha value is -4.00. The first kappa shape index (κ1) is 26.6. The number of carbonyl (C=O) groups excluding carboxylic acids is 2. The molecule has 0 bridgehead atoms. The third kappa shape index (κ3) is 7.77. The Kier molecular flexibility index (Phi) is 8.95. The predicted octanol–water partition coefficient (Wildman–Crippen LogP) is 3.73. The molecule has 0 atom stereocenters. The smallest absolute Gasteiger partial charge is 0.475 e. The van der Waals surface area contributed by atoms with Gasteiger partial charge in [0, 0.05) is 55.4 Å². The number of halogens is 3. The number of nitrogens with zero attached hydrogens (tertiary/aromatic N) is 3. The maximum absolute atomic E-state index is 12.5. The van der Waals surface area contributed by atoms with E-state index in [1.54, 1.807) is 24.5 Å². The van der Waals surface area contributed by atoms with Crippen molar-refractivity contribution in [1.29, 1.82) is 0 Å². The largest absolute Gasteiger partial charge is 0.490 e. The van der Waals surface area contributed by atoms with Crippen LogP contribution in [0.4, 0.5) is 23.7 Å². The number of carbonyl (C=O) groups is 3. The number of hydrogen-bond donors (Lipinski definition) is 3. The molecule has 0 saturated carbocycles. The first-order valence-corrected chi connectivity index (χ1v) is 11.5. The number of amides is 3. The lowest BCUT2D eigenvalue weighted by Crippen LogP contribution is -2.41. The Labute approximate surface area is 208 Å². The molecule has 9 nitrogen and oxygen atoms in total. The number of aliphatic carboxylic acids is 1. The summed E-state index contributed by atoms with van der Waals surface area (Å²) in [4.78, 5) is 45.2. The Morgan fingerprint density at radius 3 is 2.31 bits per heavy atom. The van der Waals surface area contributed by atoms with Crippen LogP contribution in [0.1, 0.15) is 25.9 Å². The van der Waals surface area contributed by atoms with Gasteiger partial charge in [-0.1, -0.05) is 30.3 Å². The molecule has 3 amide bonds. The van der Waals surface area contributed by atoms with Crippen molar-refractivity contribution in [2.45, 2.75) is 25.6 Å². The second-order valence-electron chi connectivity index (χ2n) is 7.51. The number of benzene rings is 1. The summed E-state index contributed by atoms with van der Waals surface area (Å²) < 4.78 is 31.7. The van der Waals surface area contributed by atoms with Crippen molar-refractivity contribution in [3.8, 4) is 0 Å². The van der Waals surface area contributed by atoms with Gasteiger partial charge in [0.25, 0.3) is 5.91 Å². The van der Waals surface area contributed by atoms with Gasteiger partial charge >= 0.3 is 18.2 Å². The standard InChI is InChI=1S/C21H21N5O2S.C2HF3O2/c27-19(24-16-6-10-22-11-7-16)20-25-17-8-12-26(13-9-18(17)29-20)21(28)23-14-15-4-2-1-3-5-15;3-2(4,5)1(6)7/h1-7,10-11H,8-9,12-14H2,(H,23,28)(H,22,24,27);(H,6,7). The van der Waals surface area contributed by atoms with Crippen LogP contribution in [0.2, 0.25) is 0 Å². The number of thiazole rings is 1. The van der Waals surface area contributed by atoms with Gasteiger partial charge in [-0.3, -0.25) is 9.78 Å². The van der Waals surface area contributed by atoms with E-state index in [-0.39, 0.29) is 11.9 Å². The monoisotopic (exact) mass is 521 g/mol. The van der Waals surface area contributed by atoms with E-state index in [0.29, 0.717) is 43.2 Å². The topological polar surface area (TPSA) is 125 Å². The number of aromatic nitrogens is 2. The number of anilines is 1. The molecule has 2 aromatic heterocycles. The van der Waals surface area contributed by atoms with Crippen LogP contribution in [0.25, 0.3) is 0 Å². The average Bonchev–Trinajstić information content (AvgIpc) is 3.16. The van der Waals surface area contributed by atoms with Crippen molar-refractivity contribution in [2.24, 2.45) is 0 Å². The summed E-state index contributed by atoms with van der Waals surface area (Å²) >= 11 is 1.40. The second-order valence-corrected chi connectivity index (χ2v) is 8.60. The number of alkyl halides is 3. The fourth-order valence-corrected chi connectivity index (χ4v) is 4.16. The Morgan fingerprint density at radius 1 is 1.03 bits per heavy atom. The van der Waals surface area contributed by atoms with Gasteiger partial charge in [0.2, 0.25) is 0 Å². The fraction of sp³-hybridized carbons (Fsp3) is 0.261. The molecule has 0 spiro atoms. The van der Waals surface area contributed by atoms with Crippen LogP contribution >= 0.6 is 11.3 Å². The molecular formula is C23H22F3N5O4S. The lowest BCUT2D eigenvalue weighted by Gasteiger charge is -2.20. The highest BCUT2D eigenvalue weighted by Gasteiger charge is 2.38. The molecule has 0 aliphatic carbocycles. The molecular weight excluding hydrogens is 499 g/mol. The van der Waals surface area contributed by atoms with Crippen LogP contribution in [0.5, 0.6) is 0 Å². The van der Waals surface area contributed by atoms with Gasteiger partial charge in [-0.05, 0) is 17.7 Å². The van der Waals surface area contributed by atoms with Crippen molar-refractivity contribution in [3.05, 3.63) is 76.0 Å². The minimum Gasteiger partial charge on any atom is -0.475 e. The molecule has 190 valence electrons. The third-order valence-corrected chi connectivity index (χ3v) is 6.11. The van der Waals surface area contributed by atoms with E-state index in [4.69, 9.17) is 9.90 Å². The number of carboxylic acids is 1. The zero-order chi connectivity index (χ0) is 26.1. The molecule has 36 heavy (non-hydrogen) atoms. The Morgan fingerprint density at radius 2 is 1.67 bits per heavy atom. The van der Waals surface area contributed by atoms with Gasteiger partial charge in [0.1, 0.15) is 0 Å². The van der Waals surface area contributed by atoms with Crippen molar-refractivity contribution in [2.75, 3.05) is 18.4 Å². The molecule has 0 unspecified atom stereocenters. The van der Waals surface area contributed by atoms with Gasteiger partial charge in [0.15, 0.2) is 5.01 Å². The molecule has 1 aliphatic heterocycles. The maximum atomic E-state index is 12.5. The van der Waals surface area contributed by atoms with Crippen LogP contribution in [-0.2, 0) is 24.2 Å². The lowest BCUT2D eigenvalue weighted by atomic mass is 10.2. The maximum Gasteiger partial charge on any atom is 0.490 e. The quantitative estimate of drug-likeness (QED) is 0.481. The van der Waals surface area contributed by atoms with E-state index in [2.05, 4.69) is 20.6 Å². The molecule has 3 aromatic rings. The van der Waals surface area contributed by atoms with E-state index >= 15 is 0 Å². The predicted molar refractivity (Wildman–Crippen MR) is 126 cm³/mol. The van der Waals surface area contributed by atoms with Crippen molar-refractivity contribution in [3.63, 3.8) is 0 Å². The first-order chi connectivity index (χ1) is 17.1. The summed E-state index contributed by atoms with van der Waals surface area (Å²) in [6, 6.07) is 13.3. The fourth-order valence-electron chi connectivity index (χ4n) is 3.17. The molecule has 0 radical (unpaired) electrons. The van der Waals surface area contributed by atoms with Gasteiger partial charge in [-0.15, -0.1) is 11.3 Å². The summed E-state index contributed by atoms with van der Waals surface area (Å²) in [6.07, 6.45) is -0.477. The highest BCUT2D eigenvalue weighted by atomic mass is 32.1.